The fourth-order valence-corrected chi connectivity index (χ4v) is 2.96. The lowest BCUT2D eigenvalue weighted by Crippen LogP contribution is -2.34. The predicted molar refractivity (Wildman–Crippen MR) is 104 cm³/mol. The van der Waals surface area contributed by atoms with Gasteiger partial charge in [0.05, 0.1) is 17.2 Å². The molecule has 0 fully saturated rings. The Morgan fingerprint density at radius 1 is 0.964 bits per heavy atom. The highest BCUT2D eigenvalue weighted by atomic mass is 16.2. The van der Waals surface area contributed by atoms with Crippen LogP contribution in [0.1, 0.15) is 0 Å². The second kappa shape index (κ2) is 7.83. The summed E-state index contributed by atoms with van der Waals surface area (Å²) < 4.78 is 3.24. The molecule has 4 aromatic rings. The minimum Gasteiger partial charge on any atom is -0.353 e. The molecule has 4 rings (SSSR count). The summed E-state index contributed by atoms with van der Waals surface area (Å²) in [6, 6.07) is 12.7. The second-order valence-electron chi connectivity index (χ2n) is 6.20. The number of rotatable bonds is 6. The van der Waals surface area contributed by atoms with Crippen molar-refractivity contribution in [2.75, 3.05) is 6.54 Å². The number of imidazole rings is 1. The van der Waals surface area contributed by atoms with Crippen molar-refractivity contribution in [3.63, 3.8) is 0 Å². The number of amides is 1. The molecule has 28 heavy (non-hydrogen) atoms. The molecular formula is C20H18N6O2. The molecule has 0 saturated carbocycles. The van der Waals surface area contributed by atoms with Crippen molar-refractivity contribution < 1.29 is 4.79 Å². The maximum absolute atomic E-state index is 12.4. The summed E-state index contributed by atoms with van der Waals surface area (Å²) in [5.74, 6) is 0.489. The third kappa shape index (κ3) is 3.66. The molecule has 0 aliphatic carbocycles. The molecule has 0 bridgehead atoms. The van der Waals surface area contributed by atoms with Gasteiger partial charge in [-0.1, -0.05) is 18.2 Å². The van der Waals surface area contributed by atoms with E-state index in [1.165, 1.54) is 10.9 Å². The summed E-state index contributed by atoms with van der Waals surface area (Å²) in [6.07, 6.45) is 6.66. The largest absolute Gasteiger partial charge is 0.353 e. The lowest BCUT2D eigenvalue weighted by Gasteiger charge is -2.10. The number of carbonyl (C=O) groups is 1. The Labute approximate surface area is 160 Å². The van der Waals surface area contributed by atoms with E-state index in [2.05, 4.69) is 20.3 Å². The van der Waals surface area contributed by atoms with Gasteiger partial charge in [0.1, 0.15) is 12.2 Å². The van der Waals surface area contributed by atoms with Gasteiger partial charge in [-0.05, 0) is 24.3 Å². The van der Waals surface area contributed by atoms with Gasteiger partial charge in [0.15, 0.2) is 5.82 Å². The Bertz CT molecular complexity index is 1170. The van der Waals surface area contributed by atoms with Gasteiger partial charge in [0, 0.05) is 31.7 Å². The van der Waals surface area contributed by atoms with Crippen LogP contribution >= 0.6 is 0 Å². The number of carbonyl (C=O) groups excluding carboxylic acids is 1. The minimum atomic E-state index is -0.251. The van der Waals surface area contributed by atoms with Crippen LogP contribution in [0.15, 0.2) is 72.2 Å². The molecule has 140 valence electrons. The highest BCUT2D eigenvalue weighted by molar-refractivity contribution is 5.78. The molecule has 8 nitrogen and oxygen atoms in total. The number of nitrogens with zero attached hydrogens (tertiary/aromatic N) is 5. The predicted octanol–water partition coefficient (Wildman–Crippen LogP) is 1.47. The lowest BCUT2D eigenvalue weighted by atomic mass is 10.2. The normalized spacial score (nSPS) is 10.9. The van der Waals surface area contributed by atoms with Crippen LogP contribution in [0.5, 0.6) is 0 Å². The van der Waals surface area contributed by atoms with E-state index in [1.807, 2.05) is 35.0 Å². The van der Waals surface area contributed by atoms with Gasteiger partial charge in [-0.2, -0.15) is 0 Å². The van der Waals surface area contributed by atoms with E-state index in [9.17, 15) is 9.59 Å². The number of pyridine rings is 1. The highest BCUT2D eigenvalue weighted by Gasteiger charge is 2.09. The van der Waals surface area contributed by atoms with Gasteiger partial charge >= 0.3 is 0 Å². The first kappa shape index (κ1) is 17.6. The van der Waals surface area contributed by atoms with Crippen LogP contribution in [0.4, 0.5) is 0 Å². The van der Waals surface area contributed by atoms with Crippen LogP contribution in [0.25, 0.3) is 22.4 Å². The van der Waals surface area contributed by atoms with Crippen LogP contribution in [0.2, 0.25) is 0 Å². The van der Waals surface area contributed by atoms with Crippen LogP contribution in [0, 0.1) is 0 Å². The summed E-state index contributed by atoms with van der Waals surface area (Å²) in [6.45, 7) is 0.876. The maximum atomic E-state index is 12.4. The molecule has 0 atom stereocenters. The highest BCUT2D eigenvalue weighted by Crippen LogP contribution is 2.13. The van der Waals surface area contributed by atoms with Crippen LogP contribution in [-0.4, -0.2) is 36.5 Å². The molecule has 1 amide bonds. The van der Waals surface area contributed by atoms with Gasteiger partial charge < -0.3 is 9.88 Å². The molecule has 1 aromatic carbocycles. The van der Waals surface area contributed by atoms with E-state index in [0.717, 1.165) is 11.5 Å². The molecule has 3 aromatic heterocycles. The summed E-state index contributed by atoms with van der Waals surface area (Å²) in [5.41, 5.74) is 1.16. The third-order valence-electron chi connectivity index (χ3n) is 4.33. The van der Waals surface area contributed by atoms with E-state index in [0.29, 0.717) is 24.0 Å². The number of benzene rings is 1. The maximum Gasteiger partial charge on any atom is 0.261 e. The molecule has 0 aliphatic rings. The lowest BCUT2D eigenvalue weighted by molar-refractivity contribution is -0.121. The van der Waals surface area contributed by atoms with Gasteiger partial charge in [0.2, 0.25) is 5.91 Å². The Balaban J connectivity index is 1.38. The molecule has 0 saturated heterocycles. The zero-order chi connectivity index (χ0) is 19.3. The Kier molecular flexibility index (Phi) is 4.92. The zero-order valence-corrected chi connectivity index (χ0v) is 15.0. The first-order valence-corrected chi connectivity index (χ1v) is 8.86. The third-order valence-corrected chi connectivity index (χ3v) is 4.33. The Morgan fingerprint density at radius 3 is 2.68 bits per heavy atom. The van der Waals surface area contributed by atoms with Crippen molar-refractivity contribution in [2.45, 2.75) is 13.1 Å². The minimum absolute atomic E-state index is 0.0757. The van der Waals surface area contributed by atoms with Gasteiger partial charge in [0.25, 0.3) is 5.56 Å². The average Bonchev–Trinajstić information content (AvgIpc) is 3.19. The van der Waals surface area contributed by atoms with Gasteiger partial charge in [-0.25, -0.2) is 9.97 Å². The fourth-order valence-electron chi connectivity index (χ4n) is 2.96. The monoisotopic (exact) mass is 374 g/mol. The summed E-state index contributed by atoms with van der Waals surface area (Å²) in [5, 5.41) is 3.32. The topological polar surface area (TPSA) is 94.7 Å². The summed E-state index contributed by atoms with van der Waals surface area (Å²) >= 11 is 0. The molecular weight excluding hydrogens is 356 g/mol. The second-order valence-corrected chi connectivity index (χ2v) is 6.20. The first-order chi connectivity index (χ1) is 13.7. The fraction of sp³-hybridized carbons (Fsp3) is 0.150. The summed E-state index contributed by atoms with van der Waals surface area (Å²) in [7, 11) is 0. The van der Waals surface area contributed by atoms with Crippen molar-refractivity contribution in [3.8, 4) is 11.5 Å². The molecule has 0 aliphatic heterocycles. The van der Waals surface area contributed by atoms with E-state index in [1.54, 1.807) is 30.6 Å². The first-order valence-electron chi connectivity index (χ1n) is 8.86. The molecule has 0 spiro atoms. The smallest absolute Gasteiger partial charge is 0.261 e. The van der Waals surface area contributed by atoms with E-state index >= 15 is 0 Å². The van der Waals surface area contributed by atoms with Gasteiger partial charge in [-0.15, -0.1) is 0 Å². The van der Waals surface area contributed by atoms with Crippen molar-refractivity contribution >= 4 is 16.8 Å². The Morgan fingerprint density at radius 2 is 1.82 bits per heavy atom. The van der Waals surface area contributed by atoms with E-state index in [4.69, 9.17) is 0 Å². The number of hydrogen-bond acceptors (Lipinski definition) is 5. The molecule has 0 radical (unpaired) electrons. The quantitative estimate of drug-likeness (QED) is 0.551. The van der Waals surface area contributed by atoms with Crippen LogP contribution < -0.4 is 10.9 Å². The number of hydrogen-bond donors (Lipinski definition) is 1. The van der Waals surface area contributed by atoms with Crippen LogP contribution in [-0.2, 0) is 17.9 Å². The van der Waals surface area contributed by atoms with Gasteiger partial charge in [-0.3, -0.25) is 19.1 Å². The SMILES string of the molecule is O=C(Cn1cnc2ccccc2c1=O)NCCn1ccnc1-c1ccccn1. The molecule has 8 heteroatoms. The zero-order valence-electron chi connectivity index (χ0n) is 15.0. The molecule has 1 N–H and O–H groups in total. The van der Waals surface area contributed by atoms with Crippen LogP contribution in [0.3, 0.4) is 0 Å². The number of fused-ring (bicyclic) bond motifs is 1. The average molecular weight is 374 g/mol. The number of para-hydroxylation sites is 1. The number of nitrogens with one attached hydrogen (secondary N) is 1. The van der Waals surface area contributed by atoms with E-state index < -0.39 is 0 Å². The van der Waals surface area contributed by atoms with Crippen molar-refractivity contribution in [2.24, 2.45) is 0 Å². The van der Waals surface area contributed by atoms with Crippen molar-refractivity contribution in [3.05, 3.63) is 77.7 Å². The van der Waals surface area contributed by atoms with Crippen molar-refractivity contribution in [1.29, 1.82) is 0 Å². The van der Waals surface area contributed by atoms with E-state index in [-0.39, 0.29) is 18.0 Å². The van der Waals surface area contributed by atoms with Crippen molar-refractivity contribution in [1.82, 2.24) is 29.4 Å². The standard InChI is InChI=1S/C20H18N6O2/c27-18(13-26-14-24-16-6-2-1-5-15(16)20(26)28)22-9-11-25-12-10-23-19(25)17-7-3-4-8-21-17/h1-8,10,12,14H,9,11,13H2,(H,22,27). The molecule has 3 heterocycles. The number of aromatic nitrogens is 5. The summed E-state index contributed by atoms with van der Waals surface area (Å²) in [4.78, 5) is 37.5. The Hall–Kier alpha value is -3.81. The molecule has 0 unspecified atom stereocenters.